The standard InChI is InChI=1S/C10H12BrN3O/c1-15-9-5-7(11)4-8(6-9)14-10-12-2-3-13-10/h4-6H,2-3H2,1H3,(H2,12,13,14). The predicted molar refractivity (Wildman–Crippen MR) is 64.6 cm³/mol. The Kier molecular flexibility index (Phi) is 3.11. The van der Waals surface area contributed by atoms with Crippen LogP contribution in [-0.2, 0) is 0 Å². The molecule has 0 aliphatic carbocycles. The first-order chi connectivity index (χ1) is 7.28. The van der Waals surface area contributed by atoms with E-state index in [0.29, 0.717) is 0 Å². The largest absolute Gasteiger partial charge is 0.497 e. The van der Waals surface area contributed by atoms with Crippen LogP contribution < -0.4 is 15.4 Å². The van der Waals surface area contributed by atoms with Gasteiger partial charge in [0.25, 0.3) is 0 Å². The molecule has 80 valence electrons. The summed E-state index contributed by atoms with van der Waals surface area (Å²) in [5, 5.41) is 6.33. The number of anilines is 1. The Bertz CT molecular complexity index is 392. The maximum atomic E-state index is 5.17. The van der Waals surface area contributed by atoms with Crippen molar-refractivity contribution in [1.29, 1.82) is 0 Å². The molecule has 1 aliphatic heterocycles. The fourth-order valence-corrected chi connectivity index (χ4v) is 1.84. The summed E-state index contributed by atoms with van der Waals surface area (Å²) in [6.45, 7) is 1.72. The molecule has 0 amide bonds. The number of halogens is 1. The summed E-state index contributed by atoms with van der Waals surface area (Å²) in [5.41, 5.74) is 0.953. The van der Waals surface area contributed by atoms with Crippen LogP contribution in [0.3, 0.4) is 0 Å². The van der Waals surface area contributed by atoms with E-state index in [1.807, 2.05) is 18.2 Å². The average molecular weight is 270 g/mol. The molecule has 0 atom stereocenters. The van der Waals surface area contributed by atoms with E-state index in [4.69, 9.17) is 4.74 Å². The van der Waals surface area contributed by atoms with Gasteiger partial charge in [-0.2, -0.15) is 0 Å². The fourth-order valence-electron chi connectivity index (χ4n) is 1.37. The molecule has 4 nitrogen and oxygen atoms in total. The van der Waals surface area contributed by atoms with E-state index < -0.39 is 0 Å². The topological polar surface area (TPSA) is 45.6 Å². The van der Waals surface area contributed by atoms with Crippen molar-refractivity contribution in [3.8, 4) is 5.75 Å². The van der Waals surface area contributed by atoms with Gasteiger partial charge < -0.3 is 15.4 Å². The van der Waals surface area contributed by atoms with Crippen LogP contribution >= 0.6 is 15.9 Å². The van der Waals surface area contributed by atoms with E-state index >= 15 is 0 Å². The number of benzene rings is 1. The second kappa shape index (κ2) is 4.53. The molecule has 1 aromatic carbocycles. The molecule has 2 N–H and O–H groups in total. The highest BCUT2D eigenvalue weighted by molar-refractivity contribution is 9.10. The third-order valence-electron chi connectivity index (χ3n) is 2.04. The maximum Gasteiger partial charge on any atom is 0.195 e. The minimum absolute atomic E-state index is 0.811. The molecular formula is C10H12BrN3O. The number of nitrogens with one attached hydrogen (secondary N) is 2. The monoisotopic (exact) mass is 269 g/mol. The lowest BCUT2D eigenvalue weighted by Gasteiger charge is -2.08. The van der Waals surface area contributed by atoms with Gasteiger partial charge in [-0.15, -0.1) is 0 Å². The molecule has 2 rings (SSSR count). The van der Waals surface area contributed by atoms with Crippen LogP contribution in [-0.4, -0.2) is 26.2 Å². The number of aliphatic imine (C=N–C) groups is 1. The maximum absolute atomic E-state index is 5.17. The van der Waals surface area contributed by atoms with Crippen molar-refractivity contribution in [2.45, 2.75) is 0 Å². The zero-order chi connectivity index (χ0) is 10.7. The van der Waals surface area contributed by atoms with Crippen LogP contribution in [0.2, 0.25) is 0 Å². The highest BCUT2D eigenvalue weighted by Crippen LogP contribution is 2.24. The molecule has 1 aromatic rings. The first-order valence-corrected chi connectivity index (χ1v) is 5.47. The molecule has 1 aliphatic rings. The highest BCUT2D eigenvalue weighted by atomic mass is 79.9. The normalized spacial score (nSPS) is 14.4. The Morgan fingerprint density at radius 1 is 1.47 bits per heavy atom. The molecule has 0 aromatic heterocycles. The number of guanidine groups is 1. The Morgan fingerprint density at radius 2 is 2.33 bits per heavy atom. The molecule has 0 bridgehead atoms. The van der Waals surface area contributed by atoms with Crippen molar-refractivity contribution in [1.82, 2.24) is 5.32 Å². The van der Waals surface area contributed by atoms with Gasteiger partial charge in [0, 0.05) is 22.8 Å². The third-order valence-corrected chi connectivity index (χ3v) is 2.50. The number of nitrogens with zero attached hydrogens (tertiary/aromatic N) is 1. The van der Waals surface area contributed by atoms with Crippen LogP contribution in [0.25, 0.3) is 0 Å². The minimum Gasteiger partial charge on any atom is -0.497 e. The number of hydrogen-bond acceptors (Lipinski definition) is 4. The smallest absolute Gasteiger partial charge is 0.195 e. The molecule has 0 saturated carbocycles. The van der Waals surface area contributed by atoms with Crippen LogP contribution in [0.4, 0.5) is 5.69 Å². The number of rotatable bonds is 2. The molecule has 0 saturated heterocycles. The van der Waals surface area contributed by atoms with E-state index in [2.05, 4.69) is 31.6 Å². The van der Waals surface area contributed by atoms with Crippen molar-refractivity contribution in [3.63, 3.8) is 0 Å². The first kappa shape index (κ1) is 10.3. The minimum atomic E-state index is 0.811. The molecule has 1 heterocycles. The quantitative estimate of drug-likeness (QED) is 0.861. The summed E-state index contributed by atoms with van der Waals surface area (Å²) in [7, 11) is 1.65. The van der Waals surface area contributed by atoms with Crippen molar-refractivity contribution in [2.75, 3.05) is 25.5 Å². The van der Waals surface area contributed by atoms with E-state index in [1.165, 1.54) is 0 Å². The van der Waals surface area contributed by atoms with Gasteiger partial charge in [-0.25, -0.2) is 0 Å². The zero-order valence-electron chi connectivity index (χ0n) is 8.38. The number of ether oxygens (including phenoxy) is 1. The summed E-state index contributed by atoms with van der Waals surface area (Å²) in [4.78, 5) is 4.25. The molecule has 0 spiro atoms. The van der Waals surface area contributed by atoms with Gasteiger partial charge in [-0.1, -0.05) is 15.9 Å². The van der Waals surface area contributed by atoms with Crippen LogP contribution in [0.1, 0.15) is 0 Å². The average Bonchev–Trinajstić information content (AvgIpc) is 2.69. The summed E-state index contributed by atoms with van der Waals surface area (Å²) in [5.74, 6) is 1.63. The first-order valence-electron chi connectivity index (χ1n) is 4.68. The summed E-state index contributed by atoms with van der Waals surface area (Å²) in [6.07, 6.45) is 0. The van der Waals surface area contributed by atoms with Gasteiger partial charge in [-0.3, -0.25) is 4.99 Å². The Morgan fingerprint density at radius 3 is 3.00 bits per heavy atom. The van der Waals surface area contributed by atoms with Crippen molar-refractivity contribution in [3.05, 3.63) is 22.7 Å². The number of hydrogen-bond donors (Lipinski definition) is 2. The molecule has 15 heavy (non-hydrogen) atoms. The van der Waals surface area contributed by atoms with Gasteiger partial charge >= 0.3 is 0 Å². The second-order valence-corrected chi connectivity index (χ2v) is 4.08. The molecular weight excluding hydrogens is 258 g/mol. The van der Waals surface area contributed by atoms with Crippen LogP contribution in [0, 0.1) is 0 Å². The lowest BCUT2D eigenvalue weighted by Crippen LogP contribution is -2.26. The van der Waals surface area contributed by atoms with Crippen LogP contribution in [0.5, 0.6) is 5.75 Å². The molecule has 0 radical (unpaired) electrons. The Labute approximate surface area is 96.9 Å². The number of methoxy groups -OCH3 is 1. The van der Waals surface area contributed by atoms with Gasteiger partial charge in [0.05, 0.1) is 13.7 Å². The van der Waals surface area contributed by atoms with Crippen molar-refractivity contribution >= 4 is 27.6 Å². The lowest BCUT2D eigenvalue weighted by atomic mass is 10.3. The predicted octanol–water partition coefficient (Wildman–Crippen LogP) is 1.83. The highest BCUT2D eigenvalue weighted by Gasteiger charge is 2.06. The molecule has 0 fully saturated rings. The van der Waals surface area contributed by atoms with E-state index in [1.54, 1.807) is 7.11 Å². The summed E-state index contributed by atoms with van der Waals surface area (Å²) in [6, 6.07) is 5.81. The van der Waals surface area contributed by atoms with E-state index in [9.17, 15) is 0 Å². The summed E-state index contributed by atoms with van der Waals surface area (Å²) >= 11 is 3.42. The second-order valence-electron chi connectivity index (χ2n) is 3.16. The van der Waals surface area contributed by atoms with Gasteiger partial charge in [0.1, 0.15) is 5.75 Å². The van der Waals surface area contributed by atoms with E-state index in [0.717, 1.165) is 35.0 Å². The fraction of sp³-hybridized carbons (Fsp3) is 0.300. The third kappa shape index (κ3) is 2.62. The zero-order valence-corrected chi connectivity index (χ0v) is 9.97. The van der Waals surface area contributed by atoms with Gasteiger partial charge in [0.2, 0.25) is 0 Å². The van der Waals surface area contributed by atoms with E-state index in [-0.39, 0.29) is 0 Å². The SMILES string of the molecule is COc1cc(Br)cc(NC2=NCCN2)c1. The van der Waals surface area contributed by atoms with Gasteiger partial charge in [-0.05, 0) is 12.1 Å². The Hall–Kier alpha value is -1.23. The van der Waals surface area contributed by atoms with Gasteiger partial charge in [0.15, 0.2) is 5.96 Å². The molecule has 0 unspecified atom stereocenters. The van der Waals surface area contributed by atoms with Crippen molar-refractivity contribution in [2.24, 2.45) is 4.99 Å². The van der Waals surface area contributed by atoms with Crippen molar-refractivity contribution < 1.29 is 4.74 Å². The summed E-state index contributed by atoms with van der Waals surface area (Å²) < 4.78 is 6.14. The van der Waals surface area contributed by atoms with Crippen LogP contribution in [0.15, 0.2) is 27.7 Å². The molecule has 5 heteroatoms. The Balaban J connectivity index is 2.16. The lowest BCUT2D eigenvalue weighted by molar-refractivity contribution is 0.415.